The molecule has 0 aliphatic heterocycles. The van der Waals surface area contributed by atoms with E-state index in [2.05, 4.69) is 30.0 Å². The van der Waals surface area contributed by atoms with Gasteiger partial charge in [0.1, 0.15) is 0 Å². The predicted octanol–water partition coefficient (Wildman–Crippen LogP) is 1.52. The van der Waals surface area contributed by atoms with E-state index >= 15 is 0 Å². The van der Waals surface area contributed by atoms with Crippen molar-refractivity contribution in [3.8, 4) is 0 Å². The first kappa shape index (κ1) is 11.6. The molecular formula is C12H16N4O. The summed E-state index contributed by atoms with van der Waals surface area (Å²) in [7, 11) is 0. The Bertz CT molecular complexity index is 512. The van der Waals surface area contributed by atoms with E-state index in [-0.39, 0.29) is 0 Å². The summed E-state index contributed by atoms with van der Waals surface area (Å²) in [6.07, 6.45) is 5.14. The van der Waals surface area contributed by atoms with Crippen molar-refractivity contribution < 1.29 is 4.79 Å². The van der Waals surface area contributed by atoms with Crippen molar-refractivity contribution in [2.75, 3.05) is 0 Å². The van der Waals surface area contributed by atoms with Crippen molar-refractivity contribution in [2.45, 2.75) is 33.4 Å². The zero-order valence-electron chi connectivity index (χ0n) is 10.1. The van der Waals surface area contributed by atoms with Gasteiger partial charge in [-0.2, -0.15) is 5.10 Å². The second kappa shape index (κ2) is 4.95. The second-order valence-corrected chi connectivity index (χ2v) is 3.83. The molecule has 0 amide bonds. The normalized spacial score (nSPS) is 10.7. The largest absolute Gasteiger partial charge is 0.323 e. The van der Waals surface area contributed by atoms with Gasteiger partial charge in [0.15, 0.2) is 12.1 Å². The minimum absolute atomic E-state index is 0.451. The minimum Gasteiger partial charge on any atom is -0.323 e. The van der Waals surface area contributed by atoms with E-state index in [1.54, 1.807) is 6.20 Å². The van der Waals surface area contributed by atoms with Crippen LogP contribution in [0.4, 0.5) is 0 Å². The van der Waals surface area contributed by atoms with Gasteiger partial charge in [-0.25, -0.2) is 4.98 Å². The van der Waals surface area contributed by atoms with Crippen LogP contribution in [-0.4, -0.2) is 25.6 Å². The van der Waals surface area contributed by atoms with Crippen LogP contribution in [0, 0.1) is 0 Å². The van der Waals surface area contributed by atoms with Gasteiger partial charge in [-0.3, -0.25) is 9.48 Å². The zero-order chi connectivity index (χ0) is 12.3. The number of aromatic nitrogens is 4. The maximum atomic E-state index is 10.8. The van der Waals surface area contributed by atoms with E-state index < -0.39 is 0 Å². The smallest absolute Gasteiger partial charge is 0.185 e. The molecule has 2 rings (SSSR count). The molecule has 0 aliphatic carbocycles. The van der Waals surface area contributed by atoms with Crippen LogP contribution in [-0.2, 0) is 19.5 Å². The molecule has 0 aromatic carbocycles. The highest BCUT2D eigenvalue weighted by Crippen LogP contribution is 2.08. The SMILES string of the molecule is CCc1cc(Cn2ccnc2C=O)n(CC)n1. The first-order chi connectivity index (χ1) is 8.28. The Hall–Kier alpha value is -1.91. The van der Waals surface area contributed by atoms with Crippen molar-refractivity contribution >= 4 is 6.29 Å². The summed E-state index contributed by atoms with van der Waals surface area (Å²) in [5.74, 6) is 0.451. The maximum absolute atomic E-state index is 10.8. The quantitative estimate of drug-likeness (QED) is 0.734. The summed E-state index contributed by atoms with van der Waals surface area (Å²) < 4.78 is 3.79. The average molecular weight is 232 g/mol. The first-order valence-electron chi connectivity index (χ1n) is 5.80. The second-order valence-electron chi connectivity index (χ2n) is 3.83. The van der Waals surface area contributed by atoms with Gasteiger partial charge in [0.2, 0.25) is 0 Å². The Morgan fingerprint density at radius 1 is 1.41 bits per heavy atom. The number of carbonyl (C=O) groups is 1. The number of hydrogen-bond donors (Lipinski definition) is 0. The van der Waals surface area contributed by atoms with Crippen molar-refractivity contribution in [2.24, 2.45) is 0 Å². The standard InChI is InChI=1S/C12H16N4O/c1-3-10-7-11(16(4-2)14-10)8-15-6-5-13-12(15)9-17/h5-7,9H,3-4,8H2,1-2H3. The molecule has 0 saturated carbocycles. The molecule has 2 aromatic rings. The number of rotatable bonds is 5. The lowest BCUT2D eigenvalue weighted by atomic mass is 10.3. The minimum atomic E-state index is 0.451. The fourth-order valence-corrected chi connectivity index (χ4v) is 1.84. The number of carbonyl (C=O) groups excluding carboxylic acids is 1. The average Bonchev–Trinajstić information content (AvgIpc) is 2.95. The molecule has 0 spiro atoms. The Labute approximate surface area is 100 Å². The van der Waals surface area contributed by atoms with Crippen LogP contribution in [0.25, 0.3) is 0 Å². The third kappa shape index (κ3) is 2.27. The van der Waals surface area contributed by atoms with Crippen molar-refractivity contribution in [1.82, 2.24) is 19.3 Å². The molecule has 5 nitrogen and oxygen atoms in total. The van der Waals surface area contributed by atoms with Crippen molar-refractivity contribution in [3.63, 3.8) is 0 Å². The molecule has 5 heteroatoms. The van der Waals surface area contributed by atoms with E-state index in [4.69, 9.17) is 0 Å². The fourth-order valence-electron chi connectivity index (χ4n) is 1.84. The highest BCUT2D eigenvalue weighted by Gasteiger charge is 2.08. The van der Waals surface area contributed by atoms with Crippen LogP contribution < -0.4 is 0 Å². The molecule has 90 valence electrons. The molecule has 17 heavy (non-hydrogen) atoms. The number of nitrogens with zero attached hydrogens (tertiary/aromatic N) is 4. The fraction of sp³-hybridized carbons (Fsp3) is 0.417. The summed E-state index contributed by atoms with van der Waals surface area (Å²) in [5.41, 5.74) is 2.18. The van der Waals surface area contributed by atoms with Crippen molar-refractivity contribution in [1.29, 1.82) is 0 Å². The van der Waals surface area contributed by atoms with Crippen LogP contribution >= 0.6 is 0 Å². The Kier molecular flexibility index (Phi) is 3.37. The monoisotopic (exact) mass is 232 g/mol. The molecule has 2 heterocycles. The number of imidazole rings is 1. The van der Waals surface area contributed by atoms with E-state index in [0.717, 1.165) is 30.6 Å². The van der Waals surface area contributed by atoms with Gasteiger partial charge < -0.3 is 4.57 Å². The molecule has 0 bridgehead atoms. The molecule has 0 radical (unpaired) electrons. The predicted molar refractivity (Wildman–Crippen MR) is 64.0 cm³/mol. The lowest BCUT2D eigenvalue weighted by Gasteiger charge is -2.06. The highest BCUT2D eigenvalue weighted by molar-refractivity contribution is 5.69. The lowest BCUT2D eigenvalue weighted by Crippen LogP contribution is -2.09. The Morgan fingerprint density at radius 3 is 2.88 bits per heavy atom. The van der Waals surface area contributed by atoms with Gasteiger partial charge in [0.05, 0.1) is 17.9 Å². The van der Waals surface area contributed by atoms with Crippen LogP contribution in [0.5, 0.6) is 0 Å². The topological polar surface area (TPSA) is 52.7 Å². The molecule has 2 aromatic heterocycles. The molecule has 0 unspecified atom stereocenters. The summed E-state index contributed by atoms with van der Waals surface area (Å²) in [6, 6.07) is 2.08. The molecule has 0 aliphatic rings. The van der Waals surface area contributed by atoms with Gasteiger partial charge in [0.25, 0.3) is 0 Å². The Morgan fingerprint density at radius 2 is 2.24 bits per heavy atom. The molecule has 0 fully saturated rings. The van der Waals surface area contributed by atoms with Gasteiger partial charge in [-0.1, -0.05) is 6.92 Å². The Balaban J connectivity index is 2.28. The van der Waals surface area contributed by atoms with Crippen molar-refractivity contribution in [3.05, 3.63) is 35.7 Å². The third-order valence-corrected chi connectivity index (χ3v) is 2.76. The third-order valence-electron chi connectivity index (χ3n) is 2.76. The summed E-state index contributed by atoms with van der Waals surface area (Å²) in [5, 5.41) is 4.48. The van der Waals surface area contributed by atoms with Gasteiger partial charge >= 0.3 is 0 Å². The summed E-state index contributed by atoms with van der Waals surface area (Å²) in [4.78, 5) is 14.8. The lowest BCUT2D eigenvalue weighted by molar-refractivity contribution is 0.111. The van der Waals surface area contributed by atoms with Gasteiger partial charge in [0, 0.05) is 18.9 Å². The maximum Gasteiger partial charge on any atom is 0.185 e. The number of aldehydes is 1. The summed E-state index contributed by atoms with van der Waals surface area (Å²) in [6.45, 7) is 5.61. The van der Waals surface area contributed by atoms with Crippen LogP contribution in [0.15, 0.2) is 18.5 Å². The first-order valence-corrected chi connectivity index (χ1v) is 5.80. The summed E-state index contributed by atoms with van der Waals surface area (Å²) >= 11 is 0. The zero-order valence-corrected chi connectivity index (χ0v) is 10.1. The molecule has 0 saturated heterocycles. The van der Waals surface area contributed by atoms with E-state index in [9.17, 15) is 4.79 Å². The van der Waals surface area contributed by atoms with E-state index in [1.165, 1.54) is 0 Å². The molecule has 0 N–H and O–H groups in total. The number of aryl methyl sites for hydroxylation is 2. The van der Waals surface area contributed by atoms with Crippen LogP contribution in [0.2, 0.25) is 0 Å². The number of hydrogen-bond acceptors (Lipinski definition) is 3. The highest BCUT2D eigenvalue weighted by atomic mass is 16.1. The van der Waals surface area contributed by atoms with Gasteiger partial charge in [-0.05, 0) is 19.4 Å². The molecule has 0 atom stereocenters. The van der Waals surface area contributed by atoms with E-state index in [1.807, 2.05) is 15.4 Å². The van der Waals surface area contributed by atoms with E-state index in [0.29, 0.717) is 12.4 Å². The molecular weight excluding hydrogens is 216 g/mol. The van der Waals surface area contributed by atoms with Crippen LogP contribution in [0.3, 0.4) is 0 Å². The van der Waals surface area contributed by atoms with Crippen LogP contribution in [0.1, 0.15) is 35.9 Å². The van der Waals surface area contributed by atoms with Gasteiger partial charge in [-0.15, -0.1) is 0 Å².